The van der Waals surface area contributed by atoms with Crippen molar-refractivity contribution in [3.63, 3.8) is 0 Å². The molecule has 0 saturated heterocycles. The van der Waals surface area contributed by atoms with E-state index in [9.17, 15) is 5.11 Å². The zero-order valence-electron chi connectivity index (χ0n) is 10.3. The Balaban J connectivity index is 2.36. The van der Waals surface area contributed by atoms with Crippen LogP contribution in [0.4, 0.5) is 0 Å². The van der Waals surface area contributed by atoms with E-state index >= 15 is 0 Å². The van der Waals surface area contributed by atoms with Crippen molar-refractivity contribution in [1.82, 2.24) is 10.3 Å². The second-order valence-corrected chi connectivity index (χ2v) is 4.69. The molecule has 17 heavy (non-hydrogen) atoms. The van der Waals surface area contributed by atoms with E-state index in [1.54, 1.807) is 6.20 Å². The summed E-state index contributed by atoms with van der Waals surface area (Å²) < 4.78 is 0. The van der Waals surface area contributed by atoms with Gasteiger partial charge in [0, 0.05) is 24.5 Å². The highest BCUT2D eigenvalue weighted by molar-refractivity contribution is 5.81. The number of para-hydroxylation sites is 1. The molecule has 0 saturated carbocycles. The molecule has 1 heterocycles. The standard InChI is InChI=1S/C14H18N2O/c1-14(17,10-15-2)9-11-7-8-16-13-6-4-3-5-12(11)13/h3-8,15,17H,9-10H2,1-2H3. The van der Waals surface area contributed by atoms with Crippen LogP contribution in [0.3, 0.4) is 0 Å². The molecule has 0 aliphatic carbocycles. The number of aliphatic hydroxyl groups is 1. The maximum absolute atomic E-state index is 10.2. The number of pyridine rings is 1. The van der Waals surface area contributed by atoms with Gasteiger partial charge in [0.05, 0.1) is 11.1 Å². The van der Waals surface area contributed by atoms with E-state index in [-0.39, 0.29) is 0 Å². The molecule has 90 valence electrons. The molecule has 0 spiro atoms. The van der Waals surface area contributed by atoms with Crippen molar-refractivity contribution in [2.45, 2.75) is 18.9 Å². The van der Waals surface area contributed by atoms with Crippen molar-refractivity contribution in [1.29, 1.82) is 0 Å². The number of aromatic nitrogens is 1. The van der Waals surface area contributed by atoms with Crippen LogP contribution in [-0.2, 0) is 6.42 Å². The lowest BCUT2D eigenvalue weighted by Gasteiger charge is -2.23. The molecule has 3 nitrogen and oxygen atoms in total. The molecule has 1 aromatic heterocycles. The van der Waals surface area contributed by atoms with Gasteiger partial charge in [-0.3, -0.25) is 4.98 Å². The summed E-state index contributed by atoms with van der Waals surface area (Å²) in [5.41, 5.74) is 1.37. The average Bonchev–Trinajstić information content (AvgIpc) is 2.29. The third-order valence-electron chi connectivity index (χ3n) is 2.87. The van der Waals surface area contributed by atoms with Crippen molar-refractivity contribution >= 4 is 10.9 Å². The summed E-state index contributed by atoms with van der Waals surface area (Å²) in [4.78, 5) is 4.32. The molecule has 1 aromatic carbocycles. The first-order valence-corrected chi connectivity index (χ1v) is 5.82. The van der Waals surface area contributed by atoms with Gasteiger partial charge in [-0.2, -0.15) is 0 Å². The first-order chi connectivity index (χ1) is 8.12. The highest BCUT2D eigenvalue weighted by atomic mass is 16.3. The van der Waals surface area contributed by atoms with Crippen LogP contribution in [0.2, 0.25) is 0 Å². The smallest absolute Gasteiger partial charge is 0.0783 e. The molecule has 2 N–H and O–H groups in total. The largest absolute Gasteiger partial charge is 0.389 e. The van der Waals surface area contributed by atoms with Gasteiger partial charge in [-0.25, -0.2) is 0 Å². The Hall–Kier alpha value is -1.45. The number of benzene rings is 1. The first-order valence-electron chi connectivity index (χ1n) is 5.82. The number of fused-ring (bicyclic) bond motifs is 1. The Kier molecular flexibility index (Phi) is 3.41. The summed E-state index contributed by atoms with van der Waals surface area (Å²) in [5.74, 6) is 0. The van der Waals surface area contributed by atoms with E-state index in [4.69, 9.17) is 0 Å². The zero-order chi connectivity index (χ0) is 12.3. The number of nitrogens with zero attached hydrogens (tertiary/aromatic N) is 1. The third kappa shape index (κ3) is 2.81. The highest BCUT2D eigenvalue weighted by Crippen LogP contribution is 2.20. The van der Waals surface area contributed by atoms with Gasteiger partial charge in [0.25, 0.3) is 0 Å². The fourth-order valence-corrected chi connectivity index (χ4v) is 2.16. The molecule has 0 fully saturated rings. The van der Waals surface area contributed by atoms with Gasteiger partial charge in [0.1, 0.15) is 0 Å². The van der Waals surface area contributed by atoms with Gasteiger partial charge < -0.3 is 10.4 Å². The molecule has 2 rings (SSSR count). The highest BCUT2D eigenvalue weighted by Gasteiger charge is 2.20. The van der Waals surface area contributed by atoms with Gasteiger partial charge in [-0.15, -0.1) is 0 Å². The number of hydrogen-bond donors (Lipinski definition) is 2. The average molecular weight is 230 g/mol. The van der Waals surface area contributed by atoms with Gasteiger partial charge in [0.15, 0.2) is 0 Å². The Bertz CT molecular complexity index is 503. The lowest BCUT2D eigenvalue weighted by Crippen LogP contribution is -2.38. The van der Waals surface area contributed by atoms with Crippen LogP contribution in [0.1, 0.15) is 12.5 Å². The van der Waals surface area contributed by atoms with Crippen molar-refractivity contribution < 1.29 is 5.11 Å². The second-order valence-electron chi connectivity index (χ2n) is 4.69. The first kappa shape index (κ1) is 12.0. The summed E-state index contributed by atoms with van der Waals surface area (Å²) in [6, 6.07) is 10.00. The maximum atomic E-state index is 10.2. The summed E-state index contributed by atoms with van der Waals surface area (Å²) in [6.45, 7) is 2.42. The Morgan fingerprint density at radius 1 is 1.29 bits per heavy atom. The third-order valence-corrected chi connectivity index (χ3v) is 2.87. The molecule has 0 radical (unpaired) electrons. The molecule has 3 heteroatoms. The van der Waals surface area contributed by atoms with E-state index in [1.807, 2.05) is 44.3 Å². The van der Waals surface area contributed by atoms with Crippen LogP contribution in [0.25, 0.3) is 10.9 Å². The number of rotatable bonds is 4. The van der Waals surface area contributed by atoms with Gasteiger partial charge in [-0.05, 0) is 31.7 Å². The molecular weight excluding hydrogens is 212 g/mol. The predicted octanol–water partition coefficient (Wildman–Crippen LogP) is 1.75. The van der Waals surface area contributed by atoms with E-state index < -0.39 is 5.60 Å². The minimum atomic E-state index is -0.737. The number of hydrogen-bond acceptors (Lipinski definition) is 3. The van der Waals surface area contributed by atoms with Crippen LogP contribution >= 0.6 is 0 Å². The van der Waals surface area contributed by atoms with Crippen molar-refractivity contribution in [2.75, 3.05) is 13.6 Å². The lowest BCUT2D eigenvalue weighted by atomic mass is 9.94. The van der Waals surface area contributed by atoms with Crippen LogP contribution in [0.5, 0.6) is 0 Å². The van der Waals surface area contributed by atoms with Crippen LogP contribution in [0.15, 0.2) is 36.5 Å². The molecule has 0 aliphatic heterocycles. The fourth-order valence-electron chi connectivity index (χ4n) is 2.16. The zero-order valence-corrected chi connectivity index (χ0v) is 10.3. The minimum Gasteiger partial charge on any atom is -0.389 e. The van der Waals surface area contributed by atoms with Crippen LogP contribution < -0.4 is 5.32 Å². The topological polar surface area (TPSA) is 45.1 Å². The summed E-state index contributed by atoms with van der Waals surface area (Å²) in [7, 11) is 1.85. The van der Waals surface area contributed by atoms with Crippen LogP contribution in [0, 0.1) is 0 Å². The molecule has 2 aromatic rings. The normalized spacial score (nSPS) is 14.8. The summed E-state index contributed by atoms with van der Waals surface area (Å²) in [6.07, 6.45) is 2.42. The Morgan fingerprint density at radius 3 is 2.82 bits per heavy atom. The monoisotopic (exact) mass is 230 g/mol. The number of likely N-dealkylation sites (N-methyl/N-ethyl adjacent to an activating group) is 1. The van der Waals surface area contributed by atoms with Crippen molar-refractivity contribution in [3.8, 4) is 0 Å². The van der Waals surface area contributed by atoms with Gasteiger partial charge >= 0.3 is 0 Å². The summed E-state index contributed by atoms with van der Waals surface area (Å²) >= 11 is 0. The lowest BCUT2D eigenvalue weighted by molar-refractivity contribution is 0.0626. The second kappa shape index (κ2) is 4.82. The van der Waals surface area contributed by atoms with Crippen LogP contribution in [-0.4, -0.2) is 29.3 Å². The van der Waals surface area contributed by atoms with E-state index in [0.717, 1.165) is 16.5 Å². The predicted molar refractivity (Wildman–Crippen MR) is 70.0 cm³/mol. The molecule has 0 amide bonds. The van der Waals surface area contributed by atoms with Gasteiger partial charge in [0.2, 0.25) is 0 Å². The summed E-state index contributed by atoms with van der Waals surface area (Å²) in [5, 5.41) is 14.4. The van der Waals surface area contributed by atoms with E-state index in [0.29, 0.717) is 13.0 Å². The molecular formula is C14H18N2O. The van der Waals surface area contributed by atoms with Crippen molar-refractivity contribution in [3.05, 3.63) is 42.1 Å². The Morgan fingerprint density at radius 2 is 2.06 bits per heavy atom. The minimum absolute atomic E-state index is 0.573. The van der Waals surface area contributed by atoms with E-state index in [1.165, 1.54) is 0 Å². The maximum Gasteiger partial charge on any atom is 0.0783 e. The molecule has 0 aliphatic rings. The molecule has 1 atom stereocenters. The molecule has 0 bridgehead atoms. The quantitative estimate of drug-likeness (QED) is 0.841. The van der Waals surface area contributed by atoms with E-state index in [2.05, 4.69) is 10.3 Å². The Labute approximate surface area is 102 Å². The van der Waals surface area contributed by atoms with Gasteiger partial charge in [-0.1, -0.05) is 18.2 Å². The van der Waals surface area contributed by atoms with Crippen molar-refractivity contribution in [2.24, 2.45) is 0 Å². The number of nitrogens with one attached hydrogen (secondary N) is 1. The fraction of sp³-hybridized carbons (Fsp3) is 0.357. The molecule has 1 unspecified atom stereocenters. The SMILES string of the molecule is CNCC(C)(O)Cc1ccnc2ccccc12.